The van der Waals surface area contributed by atoms with E-state index >= 15 is 0 Å². The maximum atomic E-state index is 11.4. The Morgan fingerprint density at radius 1 is 1.32 bits per heavy atom. The number of rotatable bonds is 6. The summed E-state index contributed by atoms with van der Waals surface area (Å²) >= 11 is 12.7. The number of nitrogens with zero attached hydrogens (tertiary/aromatic N) is 1. The number of carbonyl (C=O) groups excluding carboxylic acids is 1. The van der Waals surface area contributed by atoms with Crippen LogP contribution in [0.15, 0.2) is 12.3 Å². The van der Waals surface area contributed by atoms with Crippen LogP contribution in [0.25, 0.3) is 10.9 Å². The summed E-state index contributed by atoms with van der Waals surface area (Å²) in [7, 11) is 1.57. The van der Waals surface area contributed by atoms with E-state index in [-0.39, 0.29) is 5.91 Å². The van der Waals surface area contributed by atoms with E-state index < -0.39 is 0 Å². The fourth-order valence-corrected chi connectivity index (χ4v) is 3.02. The smallest absolute Gasteiger partial charge is 0.219 e. The topological polar surface area (TPSA) is 43.3 Å². The SMILES string of the molecule is CCC(=O)NCCc1cn(CC)c2c(Cl)c(Cl)c(OC)cc12. The lowest BCUT2D eigenvalue weighted by molar-refractivity contribution is -0.120. The number of hydrogen-bond donors (Lipinski definition) is 1. The molecule has 0 fully saturated rings. The summed E-state index contributed by atoms with van der Waals surface area (Å²) in [5, 5.41) is 4.83. The molecule has 0 saturated heterocycles. The van der Waals surface area contributed by atoms with Crippen molar-refractivity contribution in [2.75, 3.05) is 13.7 Å². The van der Waals surface area contributed by atoms with Gasteiger partial charge in [-0.15, -0.1) is 0 Å². The highest BCUT2D eigenvalue weighted by Gasteiger charge is 2.17. The summed E-state index contributed by atoms with van der Waals surface area (Å²) in [6.45, 7) is 5.28. The maximum Gasteiger partial charge on any atom is 0.219 e. The van der Waals surface area contributed by atoms with E-state index in [1.165, 1.54) is 0 Å². The number of benzene rings is 1. The normalized spacial score (nSPS) is 11.0. The molecule has 22 heavy (non-hydrogen) atoms. The van der Waals surface area contributed by atoms with Crippen molar-refractivity contribution in [1.29, 1.82) is 0 Å². The molecule has 4 nitrogen and oxygen atoms in total. The van der Waals surface area contributed by atoms with Crippen LogP contribution in [0.3, 0.4) is 0 Å². The summed E-state index contributed by atoms with van der Waals surface area (Å²) < 4.78 is 7.37. The van der Waals surface area contributed by atoms with Gasteiger partial charge in [0.25, 0.3) is 0 Å². The molecule has 120 valence electrons. The quantitative estimate of drug-likeness (QED) is 0.860. The second-order valence-electron chi connectivity index (χ2n) is 5.00. The van der Waals surface area contributed by atoms with E-state index in [2.05, 4.69) is 23.0 Å². The van der Waals surface area contributed by atoms with Gasteiger partial charge >= 0.3 is 0 Å². The number of methoxy groups -OCH3 is 1. The molecule has 1 amide bonds. The molecule has 1 N–H and O–H groups in total. The van der Waals surface area contributed by atoms with Crippen LogP contribution in [-0.2, 0) is 17.8 Å². The van der Waals surface area contributed by atoms with Crippen molar-refractivity contribution >= 4 is 40.0 Å². The van der Waals surface area contributed by atoms with Crippen molar-refractivity contribution in [3.8, 4) is 5.75 Å². The highest BCUT2D eigenvalue weighted by Crippen LogP contribution is 2.40. The number of halogens is 2. The standard InChI is InChI=1S/C16H20Cl2N2O2/c1-4-13(21)19-7-6-10-9-20(5-2)16-11(10)8-12(22-3)14(17)15(16)18/h8-9H,4-7H2,1-3H3,(H,19,21). The number of aromatic nitrogens is 1. The monoisotopic (exact) mass is 342 g/mol. The molecule has 0 aliphatic carbocycles. The number of aryl methyl sites for hydroxylation is 1. The molecule has 0 bridgehead atoms. The Morgan fingerprint density at radius 3 is 2.64 bits per heavy atom. The van der Waals surface area contributed by atoms with Gasteiger partial charge in [-0.05, 0) is 25.0 Å². The van der Waals surface area contributed by atoms with Crippen LogP contribution in [0.4, 0.5) is 0 Å². The first kappa shape index (κ1) is 17.0. The van der Waals surface area contributed by atoms with Crippen molar-refractivity contribution < 1.29 is 9.53 Å². The van der Waals surface area contributed by atoms with Gasteiger partial charge in [0.15, 0.2) is 0 Å². The Balaban J connectivity index is 2.42. The Hall–Kier alpha value is -1.39. The fourth-order valence-electron chi connectivity index (χ4n) is 2.50. The van der Waals surface area contributed by atoms with Gasteiger partial charge < -0.3 is 14.6 Å². The summed E-state index contributed by atoms with van der Waals surface area (Å²) in [5.41, 5.74) is 2.02. The lowest BCUT2D eigenvalue weighted by Crippen LogP contribution is -2.24. The highest BCUT2D eigenvalue weighted by atomic mass is 35.5. The zero-order chi connectivity index (χ0) is 16.3. The summed E-state index contributed by atoms with van der Waals surface area (Å²) in [5.74, 6) is 0.616. The second-order valence-corrected chi connectivity index (χ2v) is 5.75. The Bertz CT molecular complexity index is 695. The van der Waals surface area contributed by atoms with Gasteiger partial charge in [0.1, 0.15) is 10.8 Å². The molecule has 6 heteroatoms. The average molecular weight is 343 g/mol. The van der Waals surface area contributed by atoms with E-state index in [4.69, 9.17) is 27.9 Å². The van der Waals surface area contributed by atoms with E-state index in [9.17, 15) is 4.79 Å². The van der Waals surface area contributed by atoms with Gasteiger partial charge in [-0.3, -0.25) is 4.79 Å². The van der Waals surface area contributed by atoms with Crippen LogP contribution in [0, 0.1) is 0 Å². The number of nitrogens with one attached hydrogen (secondary N) is 1. The van der Waals surface area contributed by atoms with Gasteiger partial charge in [0.2, 0.25) is 5.91 Å². The third-order valence-corrected chi connectivity index (χ3v) is 4.53. The molecule has 0 radical (unpaired) electrons. The third-order valence-electron chi connectivity index (χ3n) is 3.69. The Kier molecular flexibility index (Phi) is 5.59. The fraction of sp³-hybridized carbons (Fsp3) is 0.438. The first-order valence-corrected chi connectivity index (χ1v) is 8.09. The van der Waals surface area contributed by atoms with E-state index in [1.54, 1.807) is 7.11 Å². The predicted octanol–water partition coefficient (Wildman–Crippen LogP) is 4.05. The van der Waals surface area contributed by atoms with Gasteiger partial charge in [-0.25, -0.2) is 0 Å². The first-order valence-electron chi connectivity index (χ1n) is 7.33. The van der Waals surface area contributed by atoms with Crippen molar-refractivity contribution in [2.45, 2.75) is 33.2 Å². The molecular weight excluding hydrogens is 323 g/mol. The average Bonchev–Trinajstić information content (AvgIpc) is 2.88. The van der Waals surface area contributed by atoms with E-state index in [0.717, 1.165) is 29.4 Å². The van der Waals surface area contributed by atoms with Crippen LogP contribution in [0.2, 0.25) is 10.0 Å². The minimum absolute atomic E-state index is 0.0536. The van der Waals surface area contributed by atoms with Crippen molar-refractivity contribution in [2.24, 2.45) is 0 Å². The van der Waals surface area contributed by atoms with Crippen LogP contribution in [0.1, 0.15) is 25.8 Å². The van der Waals surface area contributed by atoms with Gasteiger partial charge in [-0.2, -0.15) is 0 Å². The maximum absolute atomic E-state index is 11.4. The van der Waals surface area contributed by atoms with Crippen molar-refractivity contribution in [1.82, 2.24) is 9.88 Å². The summed E-state index contributed by atoms with van der Waals surface area (Å²) in [6.07, 6.45) is 3.28. The Labute approximate surface area is 140 Å². The molecule has 0 unspecified atom stereocenters. The van der Waals surface area contributed by atoms with Crippen molar-refractivity contribution in [3.63, 3.8) is 0 Å². The number of fused-ring (bicyclic) bond motifs is 1. The molecule has 0 aliphatic rings. The van der Waals surface area contributed by atoms with Crippen LogP contribution in [-0.4, -0.2) is 24.1 Å². The van der Waals surface area contributed by atoms with E-state index in [0.29, 0.717) is 28.8 Å². The number of hydrogen-bond acceptors (Lipinski definition) is 2. The number of carbonyl (C=O) groups is 1. The molecule has 1 heterocycles. The molecule has 0 atom stereocenters. The lowest BCUT2D eigenvalue weighted by atomic mass is 10.1. The molecule has 2 aromatic rings. The minimum atomic E-state index is 0.0536. The van der Waals surface area contributed by atoms with E-state index in [1.807, 2.05) is 13.0 Å². The molecule has 2 rings (SSSR count). The molecule has 0 spiro atoms. The van der Waals surface area contributed by atoms with Crippen molar-refractivity contribution in [3.05, 3.63) is 27.9 Å². The lowest BCUT2D eigenvalue weighted by Gasteiger charge is -2.09. The Morgan fingerprint density at radius 2 is 2.05 bits per heavy atom. The predicted molar refractivity (Wildman–Crippen MR) is 91.2 cm³/mol. The molecule has 0 aliphatic heterocycles. The molecule has 1 aromatic carbocycles. The highest BCUT2D eigenvalue weighted by molar-refractivity contribution is 6.46. The molecule has 1 aromatic heterocycles. The summed E-state index contributed by atoms with van der Waals surface area (Å²) in [4.78, 5) is 11.4. The number of ether oxygens (including phenoxy) is 1. The van der Waals surface area contributed by atoms with Crippen LogP contribution >= 0.6 is 23.2 Å². The third kappa shape index (κ3) is 3.18. The molecular formula is C16H20Cl2N2O2. The zero-order valence-corrected chi connectivity index (χ0v) is 14.5. The largest absolute Gasteiger partial charge is 0.495 e. The molecule has 0 saturated carbocycles. The minimum Gasteiger partial charge on any atom is -0.495 e. The van der Waals surface area contributed by atoms with Crippen LogP contribution < -0.4 is 10.1 Å². The second kappa shape index (κ2) is 7.25. The van der Waals surface area contributed by atoms with Gasteiger partial charge in [0, 0.05) is 31.1 Å². The zero-order valence-electron chi connectivity index (χ0n) is 13.0. The number of amides is 1. The first-order chi connectivity index (χ1) is 10.5. The van der Waals surface area contributed by atoms with Gasteiger partial charge in [-0.1, -0.05) is 30.1 Å². The van der Waals surface area contributed by atoms with Gasteiger partial charge in [0.05, 0.1) is 17.6 Å². The summed E-state index contributed by atoms with van der Waals surface area (Å²) in [6, 6.07) is 1.91. The van der Waals surface area contributed by atoms with Crippen LogP contribution in [0.5, 0.6) is 5.75 Å².